The number of amides is 3. The first kappa shape index (κ1) is 15.8. The van der Waals surface area contributed by atoms with Crippen molar-refractivity contribution in [3.05, 3.63) is 29.3 Å². The van der Waals surface area contributed by atoms with Gasteiger partial charge in [-0.25, -0.2) is 9.59 Å². The molecule has 3 amide bonds. The van der Waals surface area contributed by atoms with Gasteiger partial charge < -0.3 is 14.8 Å². The number of esters is 1. The normalized spacial score (nSPS) is 9.50. The Kier molecular flexibility index (Phi) is 6.31. The number of nitrogens with one attached hydrogen (secondary N) is 2. The number of hydrogen-bond donors (Lipinski definition) is 2. The molecule has 0 aliphatic heterocycles. The van der Waals surface area contributed by atoms with Gasteiger partial charge in [0.2, 0.25) is 0 Å². The first-order valence-corrected chi connectivity index (χ1v) is 5.94. The zero-order valence-electron chi connectivity index (χ0n) is 10.6. The van der Waals surface area contributed by atoms with E-state index in [0.29, 0.717) is 10.8 Å². The smallest absolute Gasteiger partial charge is 0.344 e. The maximum absolute atomic E-state index is 11.3. The Bertz CT molecular complexity index is 506. The number of halogens is 1. The second kappa shape index (κ2) is 8.00. The van der Waals surface area contributed by atoms with Gasteiger partial charge in [0.15, 0.2) is 13.2 Å². The topological polar surface area (TPSA) is 93.7 Å². The van der Waals surface area contributed by atoms with Gasteiger partial charge in [0.1, 0.15) is 5.75 Å². The molecule has 108 valence electrons. The Hall–Kier alpha value is -2.28. The Morgan fingerprint density at radius 1 is 1.25 bits per heavy atom. The van der Waals surface area contributed by atoms with Gasteiger partial charge in [0.05, 0.1) is 0 Å². The molecule has 0 fully saturated rings. The van der Waals surface area contributed by atoms with E-state index in [1.165, 1.54) is 13.1 Å². The lowest BCUT2D eigenvalue weighted by Crippen LogP contribution is -2.40. The van der Waals surface area contributed by atoms with Gasteiger partial charge in [-0.15, -0.1) is 0 Å². The molecule has 0 aliphatic carbocycles. The molecular formula is C12H13ClN2O5. The highest BCUT2D eigenvalue weighted by atomic mass is 35.5. The van der Waals surface area contributed by atoms with E-state index in [9.17, 15) is 14.4 Å². The average molecular weight is 301 g/mol. The van der Waals surface area contributed by atoms with E-state index in [1.807, 2.05) is 5.32 Å². The van der Waals surface area contributed by atoms with Gasteiger partial charge in [-0.2, -0.15) is 0 Å². The van der Waals surface area contributed by atoms with Crippen LogP contribution in [0.15, 0.2) is 24.3 Å². The van der Waals surface area contributed by atoms with E-state index in [2.05, 4.69) is 10.1 Å². The molecule has 0 spiro atoms. The molecule has 7 nitrogen and oxygen atoms in total. The number of carbonyl (C=O) groups is 3. The van der Waals surface area contributed by atoms with Crippen LogP contribution in [0.1, 0.15) is 0 Å². The highest BCUT2D eigenvalue weighted by molar-refractivity contribution is 6.30. The second-order valence-electron chi connectivity index (χ2n) is 3.53. The van der Waals surface area contributed by atoms with E-state index in [4.69, 9.17) is 16.3 Å². The summed E-state index contributed by atoms with van der Waals surface area (Å²) >= 11 is 5.74. The molecule has 0 unspecified atom stereocenters. The van der Waals surface area contributed by atoms with Crippen LogP contribution >= 0.6 is 11.6 Å². The SMILES string of the molecule is CNC(=O)NC(=O)COC(=O)COc1cccc(Cl)c1. The van der Waals surface area contributed by atoms with Gasteiger partial charge in [-0.3, -0.25) is 10.1 Å². The minimum absolute atomic E-state index is 0.367. The number of benzene rings is 1. The molecule has 20 heavy (non-hydrogen) atoms. The zero-order chi connectivity index (χ0) is 15.0. The van der Waals surface area contributed by atoms with Gasteiger partial charge in [0, 0.05) is 12.1 Å². The minimum atomic E-state index is -0.739. The molecule has 1 aromatic rings. The molecule has 1 rings (SSSR count). The summed E-state index contributed by atoms with van der Waals surface area (Å²) in [7, 11) is 1.35. The Morgan fingerprint density at radius 2 is 2.00 bits per heavy atom. The van der Waals surface area contributed by atoms with Crippen molar-refractivity contribution in [1.82, 2.24) is 10.6 Å². The summed E-state index contributed by atoms with van der Waals surface area (Å²) in [5, 5.41) is 4.60. The van der Waals surface area contributed by atoms with Crippen molar-refractivity contribution in [2.75, 3.05) is 20.3 Å². The third-order valence-electron chi connectivity index (χ3n) is 2.00. The molecule has 8 heteroatoms. The first-order valence-electron chi connectivity index (χ1n) is 5.57. The number of hydrogen-bond acceptors (Lipinski definition) is 5. The van der Waals surface area contributed by atoms with Crippen LogP contribution in [0.2, 0.25) is 5.02 Å². The summed E-state index contributed by atoms with van der Waals surface area (Å²) in [5.74, 6) is -1.07. The van der Waals surface area contributed by atoms with Crippen molar-refractivity contribution >= 4 is 29.5 Å². The van der Waals surface area contributed by atoms with E-state index >= 15 is 0 Å². The molecule has 0 radical (unpaired) electrons. The maximum atomic E-state index is 11.3. The fraction of sp³-hybridized carbons (Fsp3) is 0.250. The summed E-state index contributed by atoms with van der Waals surface area (Å²) in [5.41, 5.74) is 0. The maximum Gasteiger partial charge on any atom is 0.344 e. The molecule has 2 N–H and O–H groups in total. The standard InChI is InChI=1S/C12H13ClN2O5/c1-14-12(18)15-10(16)6-20-11(17)7-19-9-4-2-3-8(13)5-9/h2-5H,6-7H2,1H3,(H2,14,15,16,18). The fourth-order valence-corrected chi connectivity index (χ4v) is 1.29. The molecule has 0 heterocycles. The lowest BCUT2D eigenvalue weighted by molar-refractivity contribution is -0.150. The van der Waals surface area contributed by atoms with Crippen molar-refractivity contribution in [3.8, 4) is 5.75 Å². The van der Waals surface area contributed by atoms with E-state index in [1.54, 1.807) is 18.2 Å². The van der Waals surface area contributed by atoms with Gasteiger partial charge in [0.25, 0.3) is 5.91 Å². The molecule has 0 saturated carbocycles. The lowest BCUT2D eigenvalue weighted by atomic mass is 10.3. The van der Waals surface area contributed by atoms with Crippen LogP contribution in [-0.2, 0) is 14.3 Å². The number of imide groups is 1. The Labute approximate surface area is 120 Å². The lowest BCUT2D eigenvalue weighted by Gasteiger charge is -2.07. The van der Waals surface area contributed by atoms with Crippen LogP contribution in [0.5, 0.6) is 5.75 Å². The van der Waals surface area contributed by atoms with Gasteiger partial charge in [-0.1, -0.05) is 17.7 Å². The molecule has 0 atom stereocenters. The van der Waals surface area contributed by atoms with Crippen LogP contribution in [0.4, 0.5) is 4.79 Å². The van der Waals surface area contributed by atoms with Crippen molar-refractivity contribution in [1.29, 1.82) is 0 Å². The van der Waals surface area contributed by atoms with Crippen molar-refractivity contribution in [2.24, 2.45) is 0 Å². The summed E-state index contributed by atoms with van der Waals surface area (Å²) in [6.45, 7) is -0.932. The summed E-state index contributed by atoms with van der Waals surface area (Å²) in [6.07, 6.45) is 0. The molecule has 0 saturated heterocycles. The predicted octanol–water partition coefficient (Wildman–Crippen LogP) is 0.718. The van der Waals surface area contributed by atoms with Crippen LogP contribution in [0.3, 0.4) is 0 Å². The van der Waals surface area contributed by atoms with Crippen LogP contribution < -0.4 is 15.4 Å². The van der Waals surface area contributed by atoms with Crippen LogP contribution in [-0.4, -0.2) is 38.2 Å². The number of urea groups is 1. The molecule has 0 aliphatic rings. The molecule has 0 bridgehead atoms. The number of carbonyl (C=O) groups excluding carboxylic acids is 3. The highest BCUT2D eigenvalue weighted by Gasteiger charge is 2.10. The Balaban J connectivity index is 2.27. The van der Waals surface area contributed by atoms with E-state index < -0.39 is 24.5 Å². The quantitative estimate of drug-likeness (QED) is 0.781. The third-order valence-corrected chi connectivity index (χ3v) is 2.23. The van der Waals surface area contributed by atoms with Crippen molar-refractivity contribution in [2.45, 2.75) is 0 Å². The van der Waals surface area contributed by atoms with E-state index in [-0.39, 0.29) is 6.61 Å². The van der Waals surface area contributed by atoms with Crippen LogP contribution in [0, 0.1) is 0 Å². The first-order chi connectivity index (χ1) is 9.51. The van der Waals surface area contributed by atoms with Crippen molar-refractivity contribution < 1.29 is 23.9 Å². The van der Waals surface area contributed by atoms with Gasteiger partial charge in [-0.05, 0) is 18.2 Å². The summed E-state index contributed by atoms with van der Waals surface area (Å²) in [4.78, 5) is 33.2. The zero-order valence-corrected chi connectivity index (χ0v) is 11.4. The van der Waals surface area contributed by atoms with E-state index in [0.717, 1.165) is 0 Å². The predicted molar refractivity (Wildman–Crippen MR) is 70.5 cm³/mol. The van der Waals surface area contributed by atoms with Gasteiger partial charge >= 0.3 is 12.0 Å². The molecule has 1 aromatic carbocycles. The molecule has 0 aromatic heterocycles. The summed E-state index contributed by atoms with van der Waals surface area (Å²) in [6, 6.07) is 5.81. The summed E-state index contributed by atoms with van der Waals surface area (Å²) < 4.78 is 9.73. The monoisotopic (exact) mass is 300 g/mol. The Morgan fingerprint density at radius 3 is 2.65 bits per heavy atom. The minimum Gasteiger partial charge on any atom is -0.482 e. The fourth-order valence-electron chi connectivity index (χ4n) is 1.11. The second-order valence-corrected chi connectivity index (χ2v) is 3.97. The highest BCUT2D eigenvalue weighted by Crippen LogP contribution is 2.16. The molecular weight excluding hydrogens is 288 g/mol. The number of rotatable bonds is 5. The third kappa shape index (κ3) is 6.05. The largest absolute Gasteiger partial charge is 0.482 e. The number of ether oxygens (including phenoxy) is 2. The van der Waals surface area contributed by atoms with Crippen molar-refractivity contribution in [3.63, 3.8) is 0 Å². The average Bonchev–Trinajstić information content (AvgIpc) is 2.42. The van der Waals surface area contributed by atoms with Crippen LogP contribution in [0.25, 0.3) is 0 Å².